The van der Waals surface area contributed by atoms with Gasteiger partial charge in [-0.1, -0.05) is 20.8 Å². The lowest BCUT2D eigenvalue weighted by Gasteiger charge is -2.37. The minimum atomic E-state index is -0.804. The number of nitrogens with zero attached hydrogens (tertiary/aromatic N) is 2. The number of hydrogen-bond donors (Lipinski definition) is 1. The Labute approximate surface area is 173 Å². The highest BCUT2D eigenvalue weighted by Gasteiger charge is 2.52. The first-order valence-electron chi connectivity index (χ1n) is 9.64. The summed E-state index contributed by atoms with van der Waals surface area (Å²) in [5.74, 6) is -2.10. The molecule has 1 aliphatic rings. The molecule has 0 spiro atoms. The maximum atomic E-state index is 14.5. The lowest BCUT2D eigenvalue weighted by atomic mass is 9.95. The molecule has 2 aromatic carbocycles. The smallest absolute Gasteiger partial charge is 0.282 e. The second kappa shape index (κ2) is 8.12. The van der Waals surface area contributed by atoms with Crippen molar-refractivity contribution >= 4 is 17.4 Å². The number of halogens is 3. The van der Waals surface area contributed by atoms with E-state index in [9.17, 15) is 18.0 Å². The Morgan fingerprint density at radius 2 is 1.70 bits per heavy atom. The Morgan fingerprint density at radius 1 is 1.07 bits per heavy atom. The van der Waals surface area contributed by atoms with Gasteiger partial charge < -0.3 is 5.73 Å². The van der Waals surface area contributed by atoms with Gasteiger partial charge in [0.1, 0.15) is 23.7 Å². The molecule has 1 atom stereocenters. The third kappa shape index (κ3) is 4.06. The molecule has 0 aromatic heterocycles. The molecule has 30 heavy (non-hydrogen) atoms. The standard InChI is InChI=1S/C22H25F3N3O2/c1-22(2,3)21(29)27-14-20(18-13-16(24)7-10-19(18)25)30-28(27,12-4-11-26)17-8-5-15(23)6-9-17/h5-10,13-14H,4,11-12,26H2,1-3H3/q+1. The van der Waals surface area contributed by atoms with E-state index in [1.165, 1.54) is 35.5 Å². The van der Waals surface area contributed by atoms with Crippen LogP contribution >= 0.6 is 0 Å². The van der Waals surface area contributed by atoms with Crippen molar-refractivity contribution in [1.29, 1.82) is 0 Å². The van der Waals surface area contributed by atoms with Crippen LogP contribution in [-0.2, 0) is 9.63 Å². The molecule has 1 heterocycles. The van der Waals surface area contributed by atoms with E-state index in [4.69, 9.17) is 10.6 Å². The zero-order chi connectivity index (χ0) is 22.1. The topological polar surface area (TPSA) is 55.6 Å². The first-order chi connectivity index (χ1) is 14.1. The number of carbonyl (C=O) groups excluding carboxylic acids is 1. The third-order valence-electron chi connectivity index (χ3n) is 4.78. The van der Waals surface area contributed by atoms with Gasteiger partial charge in [0.2, 0.25) is 11.4 Å². The number of rotatable bonds is 5. The number of quaternary nitrogens is 1. The highest BCUT2D eigenvalue weighted by Crippen LogP contribution is 2.41. The summed E-state index contributed by atoms with van der Waals surface area (Å²) in [6.45, 7) is 5.76. The monoisotopic (exact) mass is 420 g/mol. The van der Waals surface area contributed by atoms with Crippen molar-refractivity contribution in [1.82, 2.24) is 9.76 Å². The molecule has 5 nitrogen and oxygen atoms in total. The van der Waals surface area contributed by atoms with Gasteiger partial charge >= 0.3 is 0 Å². The summed E-state index contributed by atoms with van der Waals surface area (Å²) < 4.78 is 41.4. The molecule has 1 unspecified atom stereocenters. The number of hydroxylamine groups is 1. The van der Waals surface area contributed by atoms with E-state index < -0.39 is 27.6 Å². The predicted octanol–water partition coefficient (Wildman–Crippen LogP) is 4.49. The van der Waals surface area contributed by atoms with Crippen LogP contribution in [0.25, 0.3) is 5.76 Å². The lowest BCUT2D eigenvalue weighted by molar-refractivity contribution is -0.199. The van der Waals surface area contributed by atoms with Gasteiger partial charge in [0.15, 0.2) is 6.54 Å². The Morgan fingerprint density at radius 3 is 2.30 bits per heavy atom. The van der Waals surface area contributed by atoms with Crippen molar-refractivity contribution in [3.8, 4) is 0 Å². The number of benzene rings is 2. The quantitative estimate of drug-likeness (QED) is 0.725. The molecule has 3 rings (SSSR count). The van der Waals surface area contributed by atoms with Crippen molar-refractivity contribution in [2.75, 3.05) is 13.1 Å². The van der Waals surface area contributed by atoms with E-state index in [0.717, 1.165) is 18.2 Å². The fourth-order valence-corrected chi connectivity index (χ4v) is 3.23. The van der Waals surface area contributed by atoms with E-state index >= 15 is 0 Å². The molecular formula is C22H25F3N3O2+. The summed E-state index contributed by atoms with van der Waals surface area (Å²) in [7, 11) is 0. The third-order valence-corrected chi connectivity index (χ3v) is 4.78. The Hall–Kier alpha value is -2.84. The Kier molecular flexibility index (Phi) is 5.92. The van der Waals surface area contributed by atoms with E-state index in [0.29, 0.717) is 18.7 Å². The minimum absolute atomic E-state index is 0.00838. The first kappa shape index (κ1) is 21.9. The van der Waals surface area contributed by atoms with Crippen molar-refractivity contribution in [2.45, 2.75) is 27.2 Å². The van der Waals surface area contributed by atoms with Crippen LogP contribution < -0.4 is 10.5 Å². The number of hydrogen-bond acceptors (Lipinski definition) is 3. The fraction of sp³-hybridized carbons (Fsp3) is 0.318. The van der Waals surface area contributed by atoms with E-state index in [1.54, 1.807) is 20.8 Å². The summed E-state index contributed by atoms with van der Waals surface area (Å²) in [5.41, 5.74) is 5.24. The summed E-state index contributed by atoms with van der Waals surface area (Å²) in [4.78, 5) is 19.5. The molecule has 0 radical (unpaired) electrons. The van der Waals surface area contributed by atoms with Crippen molar-refractivity contribution in [3.63, 3.8) is 0 Å². The van der Waals surface area contributed by atoms with E-state index in [-0.39, 0.29) is 23.8 Å². The Bertz CT molecular complexity index is 971. The summed E-state index contributed by atoms with van der Waals surface area (Å²) >= 11 is 0. The summed E-state index contributed by atoms with van der Waals surface area (Å²) in [6.07, 6.45) is 1.82. The van der Waals surface area contributed by atoms with Crippen LogP contribution in [0, 0.1) is 22.9 Å². The van der Waals surface area contributed by atoms with E-state index in [2.05, 4.69) is 0 Å². The van der Waals surface area contributed by atoms with Crippen LogP contribution in [0.4, 0.5) is 18.9 Å². The molecule has 0 aliphatic carbocycles. The van der Waals surface area contributed by atoms with Crippen molar-refractivity contribution < 1.29 is 22.8 Å². The van der Waals surface area contributed by atoms with Crippen LogP contribution in [0.5, 0.6) is 0 Å². The zero-order valence-electron chi connectivity index (χ0n) is 17.2. The Balaban J connectivity index is 2.19. The average molecular weight is 420 g/mol. The number of carbonyl (C=O) groups is 1. The van der Waals surface area contributed by atoms with Gasteiger partial charge in [0.05, 0.1) is 5.56 Å². The molecule has 1 amide bonds. The minimum Gasteiger partial charge on any atom is -0.330 e. The second-order valence-corrected chi connectivity index (χ2v) is 8.15. The predicted molar refractivity (Wildman–Crippen MR) is 108 cm³/mol. The molecule has 0 bridgehead atoms. The molecule has 1 aliphatic heterocycles. The average Bonchev–Trinajstić information content (AvgIpc) is 3.07. The first-order valence-corrected chi connectivity index (χ1v) is 9.64. The van der Waals surface area contributed by atoms with Crippen LogP contribution in [0.2, 0.25) is 0 Å². The van der Waals surface area contributed by atoms with Gasteiger partial charge in [-0.25, -0.2) is 13.2 Å². The molecule has 0 saturated heterocycles. The highest BCUT2D eigenvalue weighted by atomic mass is 19.1. The van der Waals surface area contributed by atoms with Gasteiger partial charge in [-0.2, -0.15) is 0 Å². The summed E-state index contributed by atoms with van der Waals surface area (Å²) in [6, 6.07) is 8.50. The zero-order valence-corrected chi connectivity index (χ0v) is 17.2. The van der Waals surface area contributed by atoms with Gasteiger partial charge in [-0.15, -0.1) is 5.01 Å². The van der Waals surface area contributed by atoms with Crippen LogP contribution in [0.1, 0.15) is 32.8 Å². The largest absolute Gasteiger partial charge is 0.330 e. The molecular weight excluding hydrogens is 395 g/mol. The molecule has 8 heteroatoms. The van der Waals surface area contributed by atoms with Gasteiger partial charge in [-0.3, -0.25) is 9.63 Å². The van der Waals surface area contributed by atoms with Crippen LogP contribution in [0.15, 0.2) is 48.7 Å². The van der Waals surface area contributed by atoms with Crippen molar-refractivity contribution in [2.24, 2.45) is 11.1 Å². The highest BCUT2D eigenvalue weighted by molar-refractivity contribution is 5.85. The van der Waals surface area contributed by atoms with Gasteiger partial charge in [0, 0.05) is 24.0 Å². The lowest BCUT2D eigenvalue weighted by Crippen LogP contribution is -2.61. The van der Waals surface area contributed by atoms with Crippen LogP contribution in [-0.4, -0.2) is 24.0 Å². The number of amides is 1. The fourth-order valence-electron chi connectivity index (χ4n) is 3.23. The van der Waals surface area contributed by atoms with Crippen LogP contribution in [0.3, 0.4) is 0 Å². The molecule has 0 saturated carbocycles. The normalized spacial score (nSPS) is 18.9. The maximum absolute atomic E-state index is 14.5. The molecule has 2 aromatic rings. The van der Waals surface area contributed by atoms with Gasteiger partial charge in [0.25, 0.3) is 5.91 Å². The SMILES string of the molecule is CC(C)(C)C(=O)N1C=C(c2cc(F)ccc2F)O[N+]1(CCCN)c1ccc(F)cc1. The molecule has 2 N–H and O–H groups in total. The van der Waals surface area contributed by atoms with Gasteiger partial charge in [-0.05, 0) is 41.6 Å². The van der Waals surface area contributed by atoms with Crippen molar-refractivity contribution in [3.05, 3.63) is 71.7 Å². The summed E-state index contributed by atoms with van der Waals surface area (Å²) in [5, 5.41) is 1.34. The maximum Gasteiger partial charge on any atom is 0.282 e. The number of nitrogens with two attached hydrogens (primary N) is 1. The second-order valence-electron chi connectivity index (χ2n) is 8.15. The van der Waals surface area contributed by atoms with E-state index in [1.807, 2.05) is 0 Å². The molecule has 0 fully saturated rings. The molecule has 160 valence electrons.